The Labute approximate surface area is 149 Å². The molecule has 120 valence electrons. The number of benzene rings is 2. The molecular formula is C15H12Br2N2O4. The second-order valence-corrected chi connectivity index (χ2v) is 6.45. The third kappa shape index (κ3) is 4.77. The second-order valence-electron chi connectivity index (χ2n) is 4.68. The Morgan fingerprint density at radius 1 is 1.30 bits per heavy atom. The molecule has 1 amide bonds. The molecule has 23 heavy (non-hydrogen) atoms. The van der Waals surface area contributed by atoms with E-state index < -0.39 is 10.8 Å². The summed E-state index contributed by atoms with van der Waals surface area (Å²) in [5.41, 5.74) is 1.13. The number of carbonyl (C=O) groups excluding carboxylic acids is 1. The average Bonchev–Trinajstić information content (AvgIpc) is 2.46. The maximum Gasteiger partial charge on any atom is 0.271 e. The minimum Gasteiger partial charge on any atom is -0.482 e. The zero-order valence-electron chi connectivity index (χ0n) is 12.0. The number of anilines is 1. The summed E-state index contributed by atoms with van der Waals surface area (Å²) in [4.78, 5) is 22.1. The highest BCUT2D eigenvalue weighted by Gasteiger charge is 2.11. The Morgan fingerprint density at radius 3 is 2.70 bits per heavy atom. The van der Waals surface area contributed by atoms with Crippen molar-refractivity contribution in [3.8, 4) is 5.75 Å². The zero-order valence-corrected chi connectivity index (χ0v) is 15.2. The van der Waals surface area contributed by atoms with Gasteiger partial charge in [0.2, 0.25) is 0 Å². The molecule has 0 atom stereocenters. The van der Waals surface area contributed by atoms with Crippen LogP contribution in [-0.2, 0) is 4.79 Å². The maximum absolute atomic E-state index is 11.9. The molecule has 1 N–H and O–H groups in total. The largest absolute Gasteiger partial charge is 0.482 e. The molecule has 0 saturated heterocycles. The van der Waals surface area contributed by atoms with E-state index in [2.05, 4.69) is 37.2 Å². The summed E-state index contributed by atoms with van der Waals surface area (Å²) < 4.78 is 7.15. The van der Waals surface area contributed by atoms with E-state index in [0.717, 1.165) is 14.5 Å². The van der Waals surface area contributed by atoms with Crippen LogP contribution in [0.25, 0.3) is 0 Å². The first-order valence-electron chi connectivity index (χ1n) is 6.49. The van der Waals surface area contributed by atoms with Gasteiger partial charge in [-0.2, -0.15) is 0 Å². The Bertz CT molecular complexity index is 742. The summed E-state index contributed by atoms with van der Waals surface area (Å²) in [6.07, 6.45) is 0. The molecule has 0 saturated carbocycles. The molecular weight excluding hydrogens is 432 g/mol. The molecule has 8 heteroatoms. The van der Waals surface area contributed by atoms with E-state index in [1.807, 2.05) is 19.1 Å². The third-order valence-electron chi connectivity index (χ3n) is 2.88. The molecule has 0 bridgehead atoms. The van der Waals surface area contributed by atoms with Gasteiger partial charge in [-0.15, -0.1) is 0 Å². The summed E-state index contributed by atoms with van der Waals surface area (Å²) >= 11 is 6.75. The van der Waals surface area contributed by atoms with E-state index in [4.69, 9.17) is 4.74 Å². The van der Waals surface area contributed by atoms with Crippen LogP contribution in [-0.4, -0.2) is 17.4 Å². The van der Waals surface area contributed by atoms with E-state index in [9.17, 15) is 14.9 Å². The van der Waals surface area contributed by atoms with Crippen molar-refractivity contribution in [2.45, 2.75) is 6.92 Å². The molecule has 6 nitrogen and oxygen atoms in total. The van der Waals surface area contributed by atoms with E-state index in [-0.39, 0.29) is 12.3 Å². The molecule has 0 aromatic heterocycles. The molecule has 0 heterocycles. The summed E-state index contributed by atoms with van der Waals surface area (Å²) in [7, 11) is 0. The number of non-ortho nitro benzene ring substituents is 1. The fourth-order valence-corrected chi connectivity index (χ4v) is 3.46. The van der Waals surface area contributed by atoms with Crippen molar-refractivity contribution in [3.05, 3.63) is 61.0 Å². The van der Waals surface area contributed by atoms with Crippen molar-refractivity contribution in [2.24, 2.45) is 0 Å². The van der Waals surface area contributed by atoms with Gasteiger partial charge in [0.25, 0.3) is 11.6 Å². The van der Waals surface area contributed by atoms with Crippen LogP contribution in [0.4, 0.5) is 11.4 Å². The van der Waals surface area contributed by atoms with Gasteiger partial charge in [-0.1, -0.05) is 22.0 Å². The van der Waals surface area contributed by atoms with E-state index >= 15 is 0 Å². The first-order valence-corrected chi connectivity index (χ1v) is 8.08. The molecule has 0 aliphatic rings. The second kappa shape index (κ2) is 7.56. The van der Waals surface area contributed by atoms with Gasteiger partial charge < -0.3 is 10.1 Å². The average molecular weight is 444 g/mol. The number of nitro benzene ring substituents is 1. The molecule has 0 radical (unpaired) electrons. The molecule has 0 unspecified atom stereocenters. The molecule has 0 fully saturated rings. The van der Waals surface area contributed by atoms with Gasteiger partial charge in [-0.3, -0.25) is 14.9 Å². The summed E-state index contributed by atoms with van der Waals surface area (Å²) in [6.45, 7) is 1.66. The van der Waals surface area contributed by atoms with Gasteiger partial charge in [0, 0.05) is 22.3 Å². The highest BCUT2D eigenvalue weighted by Crippen LogP contribution is 2.32. The number of hydrogen-bond acceptors (Lipinski definition) is 4. The van der Waals surface area contributed by atoms with Crippen LogP contribution < -0.4 is 10.1 Å². The quantitative estimate of drug-likeness (QED) is 0.546. The Kier molecular flexibility index (Phi) is 5.73. The first-order chi connectivity index (χ1) is 10.9. The van der Waals surface area contributed by atoms with Crippen molar-refractivity contribution in [1.82, 2.24) is 0 Å². The monoisotopic (exact) mass is 442 g/mol. The fraction of sp³-hybridized carbons (Fsp3) is 0.133. The number of halogens is 2. The number of amides is 1. The Hall–Kier alpha value is -1.93. The lowest BCUT2D eigenvalue weighted by atomic mass is 10.2. The van der Waals surface area contributed by atoms with Gasteiger partial charge in [0.15, 0.2) is 6.61 Å². The van der Waals surface area contributed by atoms with Crippen LogP contribution in [0.5, 0.6) is 5.75 Å². The van der Waals surface area contributed by atoms with Crippen LogP contribution in [0.15, 0.2) is 45.3 Å². The lowest BCUT2D eigenvalue weighted by Crippen LogP contribution is -2.20. The van der Waals surface area contributed by atoms with E-state index in [0.29, 0.717) is 11.4 Å². The van der Waals surface area contributed by atoms with Crippen LogP contribution in [0.1, 0.15) is 5.56 Å². The predicted molar refractivity (Wildman–Crippen MR) is 93.8 cm³/mol. The lowest BCUT2D eigenvalue weighted by molar-refractivity contribution is -0.384. The number of carbonyl (C=O) groups is 1. The minimum absolute atomic E-state index is 0.0878. The van der Waals surface area contributed by atoms with Crippen molar-refractivity contribution in [2.75, 3.05) is 11.9 Å². The Balaban J connectivity index is 2.01. The summed E-state index contributed by atoms with van der Waals surface area (Å²) in [5.74, 6) is 0.169. The van der Waals surface area contributed by atoms with E-state index in [1.165, 1.54) is 18.2 Å². The maximum atomic E-state index is 11.9. The molecule has 2 aromatic carbocycles. The first kappa shape index (κ1) is 17.4. The molecule has 0 spiro atoms. The van der Waals surface area contributed by atoms with Gasteiger partial charge in [0.05, 0.1) is 9.40 Å². The number of hydrogen-bond donors (Lipinski definition) is 1. The smallest absolute Gasteiger partial charge is 0.271 e. The molecule has 2 aromatic rings. The highest BCUT2D eigenvalue weighted by molar-refractivity contribution is 9.11. The number of nitro groups is 1. The van der Waals surface area contributed by atoms with Gasteiger partial charge >= 0.3 is 0 Å². The van der Waals surface area contributed by atoms with Gasteiger partial charge in [-0.05, 0) is 46.6 Å². The fourth-order valence-electron chi connectivity index (χ4n) is 1.90. The van der Waals surface area contributed by atoms with Crippen LogP contribution >= 0.6 is 31.9 Å². The lowest BCUT2D eigenvalue weighted by Gasteiger charge is -2.12. The minimum atomic E-state index is -0.519. The third-order valence-corrected chi connectivity index (χ3v) is 3.93. The standard InChI is InChI=1S/C15H12Br2N2O4/c1-9-5-10(16)6-13(17)15(9)23-8-14(20)18-11-3-2-4-12(7-11)19(21)22/h2-7H,8H2,1H3,(H,18,20). The van der Waals surface area contributed by atoms with Crippen LogP contribution in [0.2, 0.25) is 0 Å². The van der Waals surface area contributed by atoms with Gasteiger partial charge in [0.1, 0.15) is 5.75 Å². The SMILES string of the molecule is Cc1cc(Br)cc(Br)c1OCC(=O)Nc1cccc([N+](=O)[O-])c1. The Morgan fingerprint density at radius 2 is 2.04 bits per heavy atom. The van der Waals surface area contributed by atoms with Crippen LogP contribution in [0.3, 0.4) is 0 Å². The van der Waals surface area contributed by atoms with Crippen molar-refractivity contribution < 1.29 is 14.5 Å². The predicted octanol–water partition coefficient (Wildman–Crippen LogP) is 4.45. The summed E-state index contributed by atoms with van der Waals surface area (Å²) in [6, 6.07) is 9.42. The molecule has 2 rings (SSSR count). The number of ether oxygens (including phenoxy) is 1. The van der Waals surface area contributed by atoms with Crippen LogP contribution in [0, 0.1) is 17.0 Å². The van der Waals surface area contributed by atoms with E-state index in [1.54, 1.807) is 6.07 Å². The van der Waals surface area contributed by atoms with Crippen molar-refractivity contribution in [1.29, 1.82) is 0 Å². The number of rotatable bonds is 5. The number of nitrogens with one attached hydrogen (secondary N) is 1. The highest BCUT2D eigenvalue weighted by atomic mass is 79.9. The van der Waals surface area contributed by atoms with Gasteiger partial charge in [-0.25, -0.2) is 0 Å². The summed E-state index contributed by atoms with van der Waals surface area (Å²) in [5, 5.41) is 13.3. The topological polar surface area (TPSA) is 81.5 Å². The van der Waals surface area contributed by atoms with Crippen molar-refractivity contribution in [3.63, 3.8) is 0 Å². The number of aryl methyl sites for hydroxylation is 1. The zero-order chi connectivity index (χ0) is 17.0. The molecule has 0 aliphatic carbocycles. The molecule has 0 aliphatic heterocycles. The van der Waals surface area contributed by atoms with Crippen molar-refractivity contribution >= 4 is 49.1 Å². The number of nitrogens with zero attached hydrogens (tertiary/aromatic N) is 1. The normalized spacial score (nSPS) is 10.2.